The lowest BCUT2D eigenvalue weighted by Gasteiger charge is -2.22. The summed E-state index contributed by atoms with van der Waals surface area (Å²) in [5.74, 6) is 0.0730. The second-order valence-electron chi connectivity index (χ2n) is 4.90. The van der Waals surface area contributed by atoms with E-state index in [0.29, 0.717) is 23.6 Å². The zero-order valence-electron chi connectivity index (χ0n) is 11.7. The van der Waals surface area contributed by atoms with Crippen LogP contribution in [-0.4, -0.2) is 5.91 Å². The van der Waals surface area contributed by atoms with Gasteiger partial charge in [-0.15, -0.1) is 0 Å². The summed E-state index contributed by atoms with van der Waals surface area (Å²) >= 11 is 3.36. The largest absolute Gasteiger partial charge is 0.489 e. The normalized spacial score (nSPS) is 13.4. The van der Waals surface area contributed by atoms with Gasteiger partial charge >= 0.3 is 0 Å². The van der Waals surface area contributed by atoms with Crippen molar-refractivity contribution in [2.75, 3.05) is 5.73 Å². The highest BCUT2D eigenvalue weighted by atomic mass is 79.9. The van der Waals surface area contributed by atoms with Crippen LogP contribution < -0.4 is 16.2 Å². The molecule has 0 heterocycles. The van der Waals surface area contributed by atoms with Crippen molar-refractivity contribution in [1.29, 1.82) is 0 Å². The second kappa shape index (κ2) is 6.18. The van der Waals surface area contributed by atoms with E-state index in [4.69, 9.17) is 16.2 Å². The molecule has 0 spiro atoms. The molecule has 5 heteroatoms. The van der Waals surface area contributed by atoms with E-state index < -0.39 is 10.2 Å². The number of ether oxygens (including phenoxy) is 1. The maximum atomic E-state index is 11.6. The number of rotatable bonds is 5. The first-order chi connectivity index (χ1) is 9.91. The van der Waals surface area contributed by atoms with E-state index in [0.717, 1.165) is 5.56 Å². The average Bonchev–Trinajstić information content (AvgIpc) is 2.46. The number of anilines is 1. The number of alkyl halides is 1. The Labute approximate surface area is 132 Å². The Hall–Kier alpha value is -2.01. The second-order valence-corrected chi connectivity index (χ2v) is 6.48. The number of nitrogen functional groups attached to an aromatic ring is 1. The number of carbonyl (C=O) groups excluding carboxylic acids is 1. The number of hydrogen-bond donors (Lipinski definition) is 2. The van der Waals surface area contributed by atoms with Gasteiger partial charge in [-0.25, -0.2) is 0 Å². The highest BCUT2D eigenvalue weighted by Crippen LogP contribution is 2.38. The fourth-order valence-corrected chi connectivity index (χ4v) is 2.22. The Kier molecular flexibility index (Phi) is 4.53. The fraction of sp³-hybridized carbons (Fsp3) is 0.188. The van der Waals surface area contributed by atoms with Crippen LogP contribution in [0.5, 0.6) is 5.75 Å². The molecule has 0 aliphatic rings. The van der Waals surface area contributed by atoms with Crippen LogP contribution in [0.1, 0.15) is 18.1 Å². The molecule has 1 unspecified atom stereocenters. The molecule has 4 nitrogen and oxygen atoms in total. The van der Waals surface area contributed by atoms with Crippen molar-refractivity contribution < 1.29 is 9.53 Å². The molecule has 1 atom stereocenters. The van der Waals surface area contributed by atoms with E-state index in [1.54, 1.807) is 25.1 Å². The molecule has 4 N–H and O–H groups in total. The lowest BCUT2D eigenvalue weighted by Crippen LogP contribution is -2.33. The van der Waals surface area contributed by atoms with Crippen LogP contribution in [0.3, 0.4) is 0 Å². The molecule has 110 valence electrons. The predicted octanol–water partition coefficient (Wildman–Crippen LogP) is 2.94. The van der Waals surface area contributed by atoms with Crippen molar-refractivity contribution >= 4 is 27.5 Å². The molecule has 21 heavy (non-hydrogen) atoms. The molecule has 0 fully saturated rings. The number of benzene rings is 2. The molecule has 1 amide bonds. The summed E-state index contributed by atoms with van der Waals surface area (Å²) in [5, 5.41) is 0. The fourth-order valence-electron chi connectivity index (χ4n) is 1.91. The number of primary amides is 1. The van der Waals surface area contributed by atoms with Gasteiger partial charge in [0.1, 0.15) is 16.7 Å². The van der Waals surface area contributed by atoms with E-state index in [2.05, 4.69) is 15.9 Å². The maximum absolute atomic E-state index is 11.6. The monoisotopic (exact) mass is 348 g/mol. The van der Waals surface area contributed by atoms with Crippen LogP contribution in [0.15, 0.2) is 48.5 Å². The third-order valence-corrected chi connectivity index (χ3v) is 4.03. The molecule has 0 saturated carbocycles. The molecule has 2 rings (SSSR count). The Morgan fingerprint density at radius 2 is 1.90 bits per heavy atom. The summed E-state index contributed by atoms with van der Waals surface area (Å²) in [4.78, 5) is 11.6. The third kappa shape index (κ3) is 3.55. The van der Waals surface area contributed by atoms with Gasteiger partial charge in [0.15, 0.2) is 0 Å². The van der Waals surface area contributed by atoms with Crippen molar-refractivity contribution in [3.8, 4) is 5.75 Å². The summed E-state index contributed by atoms with van der Waals surface area (Å²) in [6.07, 6.45) is 0. The number of carbonyl (C=O) groups is 1. The van der Waals surface area contributed by atoms with Crippen LogP contribution in [0, 0.1) is 0 Å². The summed E-state index contributed by atoms with van der Waals surface area (Å²) < 4.78 is 4.79. The van der Waals surface area contributed by atoms with Gasteiger partial charge in [-0.3, -0.25) is 4.79 Å². The van der Waals surface area contributed by atoms with Crippen molar-refractivity contribution in [3.05, 3.63) is 59.7 Å². The van der Waals surface area contributed by atoms with E-state index in [9.17, 15) is 4.79 Å². The lowest BCUT2D eigenvalue weighted by molar-refractivity contribution is -0.119. The van der Waals surface area contributed by atoms with Crippen molar-refractivity contribution in [2.45, 2.75) is 17.9 Å². The third-order valence-electron chi connectivity index (χ3n) is 3.21. The molecule has 2 aromatic rings. The lowest BCUT2D eigenvalue weighted by atomic mass is 9.98. The molecule has 0 radical (unpaired) electrons. The minimum absolute atomic E-state index is 0.402. The Bertz CT molecular complexity index is 642. The minimum atomic E-state index is -1.03. The predicted molar refractivity (Wildman–Crippen MR) is 87.1 cm³/mol. The first-order valence-corrected chi connectivity index (χ1v) is 7.26. The van der Waals surface area contributed by atoms with Crippen LogP contribution in [-0.2, 0) is 15.7 Å². The molecular weight excluding hydrogens is 332 g/mol. The molecule has 0 aliphatic carbocycles. The van der Waals surface area contributed by atoms with E-state index in [1.807, 2.05) is 30.3 Å². The number of hydrogen-bond acceptors (Lipinski definition) is 3. The molecule has 0 aliphatic heterocycles. The van der Waals surface area contributed by atoms with Gasteiger partial charge in [0.2, 0.25) is 5.91 Å². The highest BCUT2D eigenvalue weighted by Gasteiger charge is 2.33. The van der Waals surface area contributed by atoms with Gasteiger partial charge in [-0.05, 0) is 30.7 Å². The molecule has 0 saturated heterocycles. The number of amides is 1. The van der Waals surface area contributed by atoms with Crippen LogP contribution >= 0.6 is 15.9 Å². The topological polar surface area (TPSA) is 78.3 Å². The quantitative estimate of drug-likeness (QED) is 0.644. The van der Waals surface area contributed by atoms with Gasteiger partial charge in [-0.1, -0.05) is 46.3 Å². The van der Waals surface area contributed by atoms with Crippen molar-refractivity contribution in [1.82, 2.24) is 0 Å². The highest BCUT2D eigenvalue weighted by molar-refractivity contribution is 9.10. The summed E-state index contributed by atoms with van der Waals surface area (Å²) in [6.45, 7) is 2.08. The van der Waals surface area contributed by atoms with Gasteiger partial charge in [0.05, 0.1) is 0 Å². The van der Waals surface area contributed by atoms with Gasteiger partial charge in [0.25, 0.3) is 0 Å². The Morgan fingerprint density at radius 3 is 2.52 bits per heavy atom. The van der Waals surface area contributed by atoms with Gasteiger partial charge in [0, 0.05) is 11.3 Å². The molecule has 2 aromatic carbocycles. The van der Waals surface area contributed by atoms with E-state index >= 15 is 0 Å². The summed E-state index contributed by atoms with van der Waals surface area (Å²) in [6, 6.07) is 14.9. The minimum Gasteiger partial charge on any atom is -0.489 e. The first-order valence-electron chi connectivity index (χ1n) is 6.47. The summed E-state index contributed by atoms with van der Waals surface area (Å²) in [7, 11) is 0. The smallest absolute Gasteiger partial charge is 0.238 e. The Balaban J connectivity index is 2.29. The van der Waals surface area contributed by atoms with Crippen LogP contribution in [0.25, 0.3) is 0 Å². The van der Waals surface area contributed by atoms with Crippen LogP contribution in [0.2, 0.25) is 0 Å². The molecule has 0 aromatic heterocycles. The van der Waals surface area contributed by atoms with Crippen molar-refractivity contribution in [3.63, 3.8) is 0 Å². The van der Waals surface area contributed by atoms with Gasteiger partial charge < -0.3 is 16.2 Å². The zero-order valence-corrected chi connectivity index (χ0v) is 13.3. The SMILES string of the molecule is CC(Br)(C(N)=O)c1cc(N)ccc1OCc1ccccc1. The zero-order chi connectivity index (χ0) is 15.5. The van der Waals surface area contributed by atoms with Crippen LogP contribution in [0.4, 0.5) is 5.69 Å². The average molecular weight is 349 g/mol. The molecular formula is C16H17BrN2O2. The maximum Gasteiger partial charge on any atom is 0.238 e. The summed E-state index contributed by atoms with van der Waals surface area (Å²) in [5.41, 5.74) is 13.4. The number of nitrogens with two attached hydrogens (primary N) is 2. The van der Waals surface area contributed by atoms with Crippen molar-refractivity contribution in [2.24, 2.45) is 5.73 Å². The Morgan fingerprint density at radius 1 is 1.24 bits per heavy atom. The van der Waals surface area contributed by atoms with Gasteiger partial charge in [-0.2, -0.15) is 0 Å². The first kappa shape index (κ1) is 15.4. The standard InChI is InChI=1S/C16H17BrN2O2/c1-16(17,15(19)20)13-9-12(18)7-8-14(13)21-10-11-5-3-2-4-6-11/h2-9H,10,18H2,1H3,(H2,19,20). The number of halogens is 1. The van der Waals surface area contributed by atoms with E-state index in [1.165, 1.54) is 0 Å². The van der Waals surface area contributed by atoms with E-state index in [-0.39, 0.29) is 0 Å². The molecule has 0 bridgehead atoms.